The Kier molecular flexibility index (Phi) is 8.99. The first kappa shape index (κ1) is 23.2. The van der Waals surface area contributed by atoms with Gasteiger partial charge in [-0.3, -0.25) is 14.7 Å². The highest BCUT2D eigenvalue weighted by atomic mass is 127. The number of rotatable bonds is 6. The second kappa shape index (κ2) is 11.2. The lowest BCUT2D eigenvalue weighted by Crippen LogP contribution is -2.51. The van der Waals surface area contributed by atoms with Crippen LogP contribution >= 0.6 is 24.0 Å². The van der Waals surface area contributed by atoms with Crippen LogP contribution in [0.4, 0.5) is 10.5 Å². The largest absolute Gasteiger partial charge is 0.369 e. The summed E-state index contributed by atoms with van der Waals surface area (Å²) in [6.45, 7) is 7.60. The summed E-state index contributed by atoms with van der Waals surface area (Å²) >= 11 is 0. The van der Waals surface area contributed by atoms with Crippen molar-refractivity contribution in [3.8, 4) is 0 Å². The maximum atomic E-state index is 11.7. The first-order valence-corrected chi connectivity index (χ1v) is 10.0. The molecule has 1 unspecified atom stereocenters. The first-order valence-electron chi connectivity index (χ1n) is 10.0. The van der Waals surface area contributed by atoms with Gasteiger partial charge in [0.25, 0.3) is 0 Å². The van der Waals surface area contributed by atoms with Gasteiger partial charge in [-0.2, -0.15) is 0 Å². The number of anilines is 1. The molecule has 2 saturated heterocycles. The van der Waals surface area contributed by atoms with Crippen molar-refractivity contribution in [3.63, 3.8) is 0 Å². The SMILES string of the molecule is CCNC(=NCCN1C(=O)CNC1=O)NC1CCCN(c2ccc(C)cc2)C1.I. The van der Waals surface area contributed by atoms with Gasteiger partial charge in [0.1, 0.15) is 0 Å². The molecular weight excluding hydrogens is 483 g/mol. The summed E-state index contributed by atoms with van der Waals surface area (Å²) in [5.41, 5.74) is 2.51. The van der Waals surface area contributed by atoms with Crippen LogP contribution in [0.25, 0.3) is 0 Å². The predicted molar refractivity (Wildman–Crippen MR) is 126 cm³/mol. The molecule has 8 nitrogen and oxygen atoms in total. The fourth-order valence-corrected chi connectivity index (χ4v) is 3.54. The molecule has 0 aliphatic carbocycles. The van der Waals surface area contributed by atoms with E-state index in [9.17, 15) is 9.59 Å². The van der Waals surface area contributed by atoms with Crippen LogP contribution in [0.2, 0.25) is 0 Å². The third kappa shape index (κ3) is 6.48. The summed E-state index contributed by atoms with van der Waals surface area (Å²) in [5, 5.41) is 9.29. The van der Waals surface area contributed by atoms with Crippen molar-refractivity contribution in [2.75, 3.05) is 44.2 Å². The molecule has 3 amide bonds. The van der Waals surface area contributed by atoms with Crippen molar-refractivity contribution in [1.82, 2.24) is 20.9 Å². The molecule has 2 heterocycles. The first-order chi connectivity index (χ1) is 13.6. The molecule has 3 N–H and O–H groups in total. The highest BCUT2D eigenvalue weighted by molar-refractivity contribution is 14.0. The lowest BCUT2D eigenvalue weighted by atomic mass is 10.0. The maximum absolute atomic E-state index is 11.7. The van der Waals surface area contributed by atoms with Gasteiger partial charge in [0, 0.05) is 31.4 Å². The number of hydrogen-bond donors (Lipinski definition) is 3. The average molecular weight is 514 g/mol. The van der Waals surface area contributed by atoms with Crippen LogP contribution in [0, 0.1) is 6.92 Å². The second-order valence-electron chi connectivity index (χ2n) is 7.23. The molecule has 1 aromatic rings. The van der Waals surface area contributed by atoms with Crippen molar-refractivity contribution in [1.29, 1.82) is 0 Å². The smallest absolute Gasteiger partial charge is 0.324 e. The molecule has 0 aromatic heterocycles. The van der Waals surface area contributed by atoms with Crippen LogP contribution in [0.5, 0.6) is 0 Å². The lowest BCUT2D eigenvalue weighted by molar-refractivity contribution is -0.124. The Morgan fingerprint density at radius 3 is 2.69 bits per heavy atom. The van der Waals surface area contributed by atoms with Gasteiger partial charge in [0.2, 0.25) is 5.91 Å². The van der Waals surface area contributed by atoms with E-state index >= 15 is 0 Å². The van der Waals surface area contributed by atoms with Gasteiger partial charge >= 0.3 is 6.03 Å². The molecule has 160 valence electrons. The van der Waals surface area contributed by atoms with Gasteiger partial charge < -0.3 is 20.9 Å². The number of guanidine groups is 1. The Balaban J connectivity index is 0.00000300. The topological polar surface area (TPSA) is 89.1 Å². The van der Waals surface area contributed by atoms with E-state index in [-0.39, 0.29) is 42.5 Å². The van der Waals surface area contributed by atoms with Crippen molar-refractivity contribution >= 4 is 47.6 Å². The molecular formula is C20H31IN6O2. The van der Waals surface area contributed by atoms with Crippen LogP contribution in [-0.2, 0) is 4.79 Å². The number of nitrogens with one attached hydrogen (secondary N) is 3. The molecule has 0 spiro atoms. The van der Waals surface area contributed by atoms with E-state index in [4.69, 9.17) is 0 Å². The molecule has 2 aliphatic heterocycles. The van der Waals surface area contributed by atoms with Gasteiger partial charge in [-0.25, -0.2) is 4.79 Å². The number of carbonyl (C=O) groups is 2. The number of amides is 3. The zero-order valence-corrected chi connectivity index (χ0v) is 19.4. The summed E-state index contributed by atoms with van der Waals surface area (Å²) < 4.78 is 0. The van der Waals surface area contributed by atoms with E-state index in [1.807, 2.05) is 6.92 Å². The molecule has 0 radical (unpaired) electrons. The standard InChI is InChI=1S/C20H30N6O2.HI/c1-3-21-19(22-10-12-26-18(27)13-23-20(26)28)24-16-5-4-11-25(14-16)17-8-6-15(2)7-9-17;/h6-9,16H,3-5,10-14H2,1-2H3,(H,23,28)(H2,21,22,24);1H. The molecule has 2 aliphatic rings. The highest BCUT2D eigenvalue weighted by Gasteiger charge is 2.27. The number of hydrogen-bond acceptors (Lipinski definition) is 4. The van der Waals surface area contributed by atoms with Gasteiger partial charge in [-0.15, -0.1) is 24.0 Å². The minimum absolute atomic E-state index is 0. The minimum atomic E-state index is -0.334. The Morgan fingerprint density at radius 1 is 1.28 bits per heavy atom. The lowest BCUT2D eigenvalue weighted by Gasteiger charge is -2.35. The number of urea groups is 1. The number of benzene rings is 1. The average Bonchev–Trinajstić information content (AvgIpc) is 3.01. The molecule has 0 bridgehead atoms. The quantitative estimate of drug-likeness (QED) is 0.233. The molecule has 0 saturated carbocycles. The van der Waals surface area contributed by atoms with E-state index in [0.29, 0.717) is 19.1 Å². The van der Waals surface area contributed by atoms with Crippen molar-refractivity contribution in [3.05, 3.63) is 29.8 Å². The van der Waals surface area contributed by atoms with Crippen LogP contribution < -0.4 is 20.9 Å². The van der Waals surface area contributed by atoms with Crippen molar-refractivity contribution < 1.29 is 9.59 Å². The minimum Gasteiger partial charge on any atom is -0.369 e. The zero-order valence-electron chi connectivity index (χ0n) is 17.1. The predicted octanol–water partition coefficient (Wildman–Crippen LogP) is 1.69. The van der Waals surface area contributed by atoms with Gasteiger partial charge in [0.05, 0.1) is 19.6 Å². The number of aliphatic imine (C=N–C) groups is 1. The van der Waals surface area contributed by atoms with Gasteiger partial charge in [-0.05, 0) is 38.8 Å². The maximum Gasteiger partial charge on any atom is 0.324 e. The van der Waals surface area contributed by atoms with Gasteiger partial charge in [-0.1, -0.05) is 17.7 Å². The molecule has 1 aromatic carbocycles. The van der Waals surface area contributed by atoms with Crippen LogP contribution in [-0.4, -0.2) is 68.1 Å². The third-order valence-corrected chi connectivity index (χ3v) is 5.04. The summed E-state index contributed by atoms with van der Waals surface area (Å²) in [6, 6.07) is 8.61. The van der Waals surface area contributed by atoms with E-state index in [1.165, 1.54) is 16.2 Å². The van der Waals surface area contributed by atoms with E-state index in [2.05, 4.69) is 57.0 Å². The van der Waals surface area contributed by atoms with Crippen molar-refractivity contribution in [2.45, 2.75) is 32.7 Å². The second-order valence-corrected chi connectivity index (χ2v) is 7.23. The fraction of sp³-hybridized carbons (Fsp3) is 0.550. The molecule has 29 heavy (non-hydrogen) atoms. The Hall–Kier alpha value is -2.04. The molecule has 9 heteroatoms. The Labute approximate surface area is 189 Å². The molecule has 3 rings (SSSR count). The molecule has 1 atom stereocenters. The summed E-state index contributed by atoms with van der Waals surface area (Å²) in [4.78, 5) is 31.4. The highest BCUT2D eigenvalue weighted by Crippen LogP contribution is 2.20. The Bertz CT molecular complexity index is 708. The number of carbonyl (C=O) groups excluding carboxylic acids is 2. The number of nitrogens with zero attached hydrogens (tertiary/aromatic N) is 3. The van der Waals surface area contributed by atoms with E-state index < -0.39 is 0 Å². The number of imide groups is 1. The number of halogens is 1. The van der Waals surface area contributed by atoms with Gasteiger partial charge in [0.15, 0.2) is 5.96 Å². The van der Waals surface area contributed by atoms with Crippen LogP contribution in [0.1, 0.15) is 25.3 Å². The van der Waals surface area contributed by atoms with E-state index in [1.54, 1.807) is 0 Å². The monoisotopic (exact) mass is 514 g/mol. The summed E-state index contributed by atoms with van der Waals surface area (Å²) in [6.07, 6.45) is 2.20. The van der Waals surface area contributed by atoms with Crippen LogP contribution in [0.3, 0.4) is 0 Å². The fourth-order valence-electron chi connectivity index (χ4n) is 3.54. The third-order valence-electron chi connectivity index (χ3n) is 5.04. The summed E-state index contributed by atoms with van der Waals surface area (Å²) in [5.74, 6) is 0.532. The van der Waals surface area contributed by atoms with E-state index in [0.717, 1.165) is 38.4 Å². The zero-order chi connectivity index (χ0) is 19.9. The summed E-state index contributed by atoms with van der Waals surface area (Å²) in [7, 11) is 0. The normalized spacial score (nSPS) is 19.7. The van der Waals surface area contributed by atoms with Crippen molar-refractivity contribution in [2.24, 2.45) is 4.99 Å². The van der Waals surface area contributed by atoms with Crippen LogP contribution in [0.15, 0.2) is 29.3 Å². The molecule has 2 fully saturated rings. The number of piperidine rings is 1. The number of aryl methyl sites for hydroxylation is 1. The Morgan fingerprint density at radius 2 is 2.03 bits per heavy atom.